The van der Waals surface area contributed by atoms with Crippen molar-refractivity contribution in [3.8, 4) is 5.75 Å². The fraction of sp³-hybridized carbons (Fsp3) is 0.611. The zero-order valence-corrected chi connectivity index (χ0v) is 15.8. The van der Waals surface area contributed by atoms with Crippen LogP contribution in [0.2, 0.25) is 0 Å². The van der Waals surface area contributed by atoms with Gasteiger partial charge in [0.05, 0.1) is 6.54 Å². The van der Waals surface area contributed by atoms with E-state index in [2.05, 4.69) is 15.0 Å². The Kier molecular flexibility index (Phi) is 7.85. The van der Waals surface area contributed by atoms with E-state index in [0.717, 1.165) is 5.56 Å². The van der Waals surface area contributed by atoms with Gasteiger partial charge in [0.2, 0.25) is 0 Å². The number of aliphatic imine (C=N–C) groups is 1. The van der Waals surface area contributed by atoms with Crippen molar-refractivity contribution in [3.05, 3.63) is 29.8 Å². The molecule has 1 unspecified atom stereocenters. The number of guanidine groups is 1. The average molecular weight is 408 g/mol. The van der Waals surface area contributed by atoms with Crippen molar-refractivity contribution in [2.75, 3.05) is 40.3 Å². The molecule has 1 heterocycles. The van der Waals surface area contributed by atoms with Crippen molar-refractivity contribution in [1.29, 1.82) is 0 Å². The van der Waals surface area contributed by atoms with Crippen LogP contribution in [0, 0.1) is 5.92 Å². The molecule has 0 amide bonds. The molecule has 1 N–H and O–H groups in total. The second kappa shape index (κ2) is 9.90. The number of ether oxygens (including phenoxy) is 1. The van der Waals surface area contributed by atoms with Gasteiger partial charge < -0.3 is 15.0 Å². The van der Waals surface area contributed by atoms with Gasteiger partial charge in [-0.05, 0) is 36.6 Å². The zero-order chi connectivity index (χ0) is 20.7. The number of alkyl halides is 5. The summed E-state index contributed by atoms with van der Waals surface area (Å²) in [7, 11) is 3.45. The normalized spacial score (nSPS) is 18.6. The van der Waals surface area contributed by atoms with Crippen molar-refractivity contribution in [3.63, 3.8) is 0 Å². The summed E-state index contributed by atoms with van der Waals surface area (Å²) in [6.07, 6.45) is -3.47. The summed E-state index contributed by atoms with van der Waals surface area (Å²) in [4.78, 5) is 7.47. The quantitative estimate of drug-likeness (QED) is 0.428. The van der Waals surface area contributed by atoms with Crippen LogP contribution in [0.25, 0.3) is 0 Å². The van der Waals surface area contributed by atoms with Gasteiger partial charge in [-0.1, -0.05) is 12.1 Å². The van der Waals surface area contributed by atoms with Crippen LogP contribution in [0.15, 0.2) is 29.3 Å². The molecule has 28 heavy (non-hydrogen) atoms. The van der Waals surface area contributed by atoms with Gasteiger partial charge in [-0.2, -0.15) is 22.0 Å². The molecule has 0 aromatic heterocycles. The average Bonchev–Trinajstić information content (AvgIpc) is 3.02. The van der Waals surface area contributed by atoms with Gasteiger partial charge in [-0.25, -0.2) is 0 Å². The van der Waals surface area contributed by atoms with Gasteiger partial charge >= 0.3 is 12.8 Å². The maximum atomic E-state index is 12.5. The smallest absolute Gasteiger partial charge is 0.401 e. The highest BCUT2D eigenvalue weighted by molar-refractivity contribution is 5.79. The lowest BCUT2D eigenvalue weighted by Gasteiger charge is -2.24. The Hall–Kier alpha value is -2.10. The Morgan fingerprint density at radius 1 is 1.32 bits per heavy atom. The Balaban J connectivity index is 1.80. The van der Waals surface area contributed by atoms with Gasteiger partial charge in [0.15, 0.2) is 5.96 Å². The minimum absolute atomic E-state index is 0.0913. The molecule has 1 aliphatic rings. The molecule has 0 radical (unpaired) electrons. The fourth-order valence-electron chi connectivity index (χ4n) is 3.22. The van der Waals surface area contributed by atoms with E-state index >= 15 is 0 Å². The maximum Gasteiger partial charge on any atom is 0.401 e. The molecule has 5 nitrogen and oxygen atoms in total. The Morgan fingerprint density at radius 3 is 2.57 bits per heavy atom. The summed E-state index contributed by atoms with van der Waals surface area (Å²) in [5, 5.41) is 3.20. The van der Waals surface area contributed by atoms with E-state index in [4.69, 9.17) is 0 Å². The maximum absolute atomic E-state index is 12.5. The highest BCUT2D eigenvalue weighted by Crippen LogP contribution is 2.22. The molecule has 1 aromatic rings. The third kappa shape index (κ3) is 7.49. The number of rotatable bonds is 7. The fourth-order valence-corrected chi connectivity index (χ4v) is 3.22. The van der Waals surface area contributed by atoms with E-state index in [9.17, 15) is 22.0 Å². The minimum Gasteiger partial charge on any atom is -0.435 e. The monoisotopic (exact) mass is 408 g/mol. The van der Waals surface area contributed by atoms with Crippen LogP contribution in [-0.2, 0) is 6.54 Å². The third-order valence-corrected chi connectivity index (χ3v) is 4.46. The van der Waals surface area contributed by atoms with Crippen LogP contribution in [0.1, 0.15) is 12.0 Å². The van der Waals surface area contributed by atoms with Gasteiger partial charge in [0.25, 0.3) is 0 Å². The number of benzene rings is 1. The highest BCUT2D eigenvalue weighted by atomic mass is 19.4. The number of hydrogen-bond donors (Lipinski definition) is 1. The molecule has 2 rings (SSSR count). The van der Waals surface area contributed by atoms with E-state index in [1.807, 2.05) is 11.9 Å². The molecule has 1 aliphatic heterocycles. The van der Waals surface area contributed by atoms with Crippen molar-refractivity contribution >= 4 is 5.96 Å². The Morgan fingerprint density at radius 2 is 2.00 bits per heavy atom. The third-order valence-electron chi connectivity index (χ3n) is 4.46. The number of nitrogens with zero attached hydrogens (tertiary/aromatic N) is 3. The van der Waals surface area contributed by atoms with Crippen molar-refractivity contribution < 1.29 is 26.7 Å². The Labute approximate surface area is 161 Å². The van der Waals surface area contributed by atoms with Gasteiger partial charge in [-0.15, -0.1) is 0 Å². The molecular formula is C18H25F5N4O. The topological polar surface area (TPSA) is 40.1 Å². The zero-order valence-electron chi connectivity index (χ0n) is 15.8. The molecule has 0 bridgehead atoms. The highest BCUT2D eigenvalue weighted by Gasteiger charge is 2.34. The Bertz CT molecular complexity index is 636. The molecule has 10 heteroatoms. The molecule has 1 aromatic carbocycles. The molecule has 1 fully saturated rings. The minimum atomic E-state index is -4.17. The summed E-state index contributed by atoms with van der Waals surface area (Å²) >= 11 is 0. The molecule has 1 saturated heterocycles. The summed E-state index contributed by atoms with van der Waals surface area (Å²) in [5.41, 5.74) is 0.879. The number of halogens is 5. The SMILES string of the molecule is CN=C(NCC1CCN(CC(F)(F)F)C1)N(C)Cc1ccc(OC(F)F)cc1. The molecular weight excluding hydrogens is 383 g/mol. The number of hydrogen-bond acceptors (Lipinski definition) is 3. The van der Waals surface area contributed by atoms with Crippen LogP contribution in [-0.4, -0.2) is 68.8 Å². The largest absolute Gasteiger partial charge is 0.435 e. The molecule has 0 aliphatic carbocycles. The predicted molar refractivity (Wildman–Crippen MR) is 96.5 cm³/mol. The van der Waals surface area contributed by atoms with Crippen LogP contribution in [0.3, 0.4) is 0 Å². The lowest BCUT2D eigenvalue weighted by molar-refractivity contribution is -0.143. The predicted octanol–water partition coefficient (Wildman–Crippen LogP) is 3.18. The van der Waals surface area contributed by atoms with E-state index in [1.54, 1.807) is 19.2 Å². The first-order chi connectivity index (χ1) is 13.2. The second-order valence-corrected chi connectivity index (χ2v) is 6.81. The summed E-state index contributed by atoms with van der Waals surface area (Å²) in [5.74, 6) is 0.828. The standard InChI is InChI=1S/C18H25F5N4O/c1-24-17(25-9-14-7-8-27(11-14)12-18(21,22)23)26(2)10-13-3-5-15(6-4-13)28-16(19)20/h3-6,14,16H,7-12H2,1-2H3,(H,24,25). The lowest BCUT2D eigenvalue weighted by atomic mass is 10.1. The summed E-state index contributed by atoms with van der Waals surface area (Å²) < 4.78 is 66.1. The van der Waals surface area contributed by atoms with E-state index in [0.29, 0.717) is 38.6 Å². The first-order valence-electron chi connectivity index (χ1n) is 8.91. The van der Waals surface area contributed by atoms with Gasteiger partial charge in [0.1, 0.15) is 5.75 Å². The van der Waals surface area contributed by atoms with Gasteiger partial charge in [-0.3, -0.25) is 9.89 Å². The van der Waals surface area contributed by atoms with Crippen LogP contribution in [0.4, 0.5) is 22.0 Å². The van der Waals surface area contributed by atoms with Crippen LogP contribution in [0.5, 0.6) is 5.75 Å². The van der Waals surface area contributed by atoms with Crippen molar-refractivity contribution in [2.45, 2.75) is 25.8 Å². The molecule has 1 atom stereocenters. The van der Waals surface area contributed by atoms with E-state index in [1.165, 1.54) is 17.0 Å². The van der Waals surface area contributed by atoms with E-state index in [-0.39, 0.29) is 11.7 Å². The van der Waals surface area contributed by atoms with Crippen LogP contribution >= 0.6 is 0 Å². The van der Waals surface area contributed by atoms with E-state index < -0.39 is 19.3 Å². The molecule has 0 saturated carbocycles. The first kappa shape index (κ1) is 22.2. The lowest BCUT2D eigenvalue weighted by Crippen LogP contribution is -2.41. The summed E-state index contributed by atoms with van der Waals surface area (Å²) in [6, 6.07) is 6.32. The summed E-state index contributed by atoms with van der Waals surface area (Å²) in [6.45, 7) is -1.87. The first-order valence-corrected chi connectivity index (χ1v) is 8.91. The number of likely N-dealkylation sites (tertiary alicyclic amines) is 1. The van der Waals surface area contributed by atoms with Crippen LogP contribution < -0.4 is 10.1 Å². The second-order valence-electron chi connectivity index (χ2n) is 6.81. The molecule has 0 spiro atoms. The van der Waals surface area contributed by atoms with Crippen molar-refractivity contribution in [2.24, 2.45) is 10.9 Å². The van der Waals surface area contributed by atoms with Gasteiger partial charge in [0, 0.05) is 33.7 Å². The van der Waals surface area contributed by atoms with Crippen molar-refractivity contribution in [1.82, 2.24) is 15.1 Å². The molecule has 158 valence electrons. The number of nitrogens with one attached hydrogen (secondary N) is 1.